The van der Waals surface area contributed by atoms with Gasteiger partial charge in [0.2, 0.25) is 0 Å². The molecule has 3 heteroatoms. The summed E-state index contributed by atoms with van der Waals surface area (Å²) in [6.07, 6.45) is -0.633. The molecule has 0 fully saturated rings. The van der Waals surface area contributed by atoms with E-state index in [-0.39, 0.29) is 23.3 Å². The highest BCUT2D eigenvalue weighted by atomic mass is 35.5. The van der Waals surface area contributed by atoms with Gasteiger partial charge >= 0.3 is 0 Å². The number of benzene rings is 1. The number of alkyl halides is 1. The topological polar surface area (TPSA) is 29.5 Å². The zero-order chi connectivity index (χ0) is 15.6. The lowest BCUT2D eigenvalue weighted by Crippen LogP contribution is -2.22. The van der Waals surface area contributed by atoms with Crippen molar-refractivity contribution >= 4 is 11.6 Å². The van der Waals surface area contributed by atoms with Crippen LogP contribution < -0.4 is 4.74 Å². The van der Waals surface area contributed by atoms with Crippen molar-refractivity contribution in [2.24, 2.45) is 0 Å². The van der Waals surface area contributed by atoms with Crippen LogP contribution in [0.4, 0.5) is 0 Å². The van der Waals surface area contributed by atoms with E-state index >= 15 is 0 Å². The van der Waals surface area contributed by atoms with Gasteiger partial charge in [-0.05, 0) is 28.0 Å². The number of aliphatic hydroxyl groups excluding tert-OH is 1. The largest absolute Gasteiger partial charge is 0.491 e. The summed E-state index contributed by atoms with van der Waals surface area (Å²) in [7, 11) is 0. The molecule has 0 spiro atoms. The summed E-state index contributed by atoms with van der Waals surface area (Å²) in [6, 6.07) is 6.31. The number of hydrogen-bond acceptors (Lipinski definition) is 2. The number of halogens is 1. The van der Waals surface area contributed by atoms with E-state index < -0.39 is 6.10 Å². The molecule has 1 atom stereocenters. The third-order valence-corrected chi connectivity index (χ3v) is 3.62. The van der Waals surface area contributed by atoms with Gasteiger partial charge in [0.15, 0.2) is 0 Å². The molecule has 0 saturated heterocycles. The Hall–Kier alpha value is -0.730. The lowest BCUT2D eigenvalue weighted by Gasteiger charge is -2.27. The minimum atomic E-state index is -0.633. The SMILES string of the molecule is CC(C)(C)c1ccc(OCC(O)CCl)c(C(C)(C)C)c1. The first-order valence-corrected chi connectivity index (χ1v) is 7.61. The third kappa shape index (κ3) is 4.68. The van der Waals surface area contributed by atoms with Crippen molar-refractivity contribution in [3.8, 4) is 5.75 Å². The van der Waals surface area contributed by atoms with Crippen LogP contribution in [0.1, 0.15) is 52.7 Å². The molecule has 0 bridgehead atoms. The molecular weight excluding hydrogens is 272 g/mol. The summed E-state index contributed by atoms with van der Waals surface area (Å²) in [5, 5.41) is 9.54. The second kappa shape index (κ2) is 6.36. The molecule has 0 saturated carbocycles. The highest BCUT2D eigenvalue weighted by Gasteiger charge is 2.23. The first kappa shape index (κ1) is 17.3. The van der Waals surface area contributed by atoms with E-state index in [9.17, 15) is 5.11 Å². The highest BCUT2D eigenvalue weighted by molar-refractivity contribution is 6.18. The second-order valence-corrected chi connectivity index (χ2v) is 7.64. The Kier molecular flexibility index (Phi) is 5.51. The summed E-state index contributed by atoms with van der Waals surface area (Å²) in [5.41, 5.74) is 2.54. The van der Waals surface area contributed by atoms with Gasteiger partial charge in [0, 0.05) is 0 Å². The highest BCUT2D eigenvalue weighted by Crippen LogP contribution is 2.35. The molecule has 1 aromatic rings. The van der Waals surface area contributed by atoms with Crippen molar-refractivity contribution in [2.75, 3.05) is 12.5 Å². The predicted molar refractivity (Wildman–Crippen MR) is 86.1 cm³/mol. The molecular formula is C17H27ClO2. The van der Waals surface area contributed by atoms with Crippen LogP contribution in [0.25, 0.3) is 0 Å². The van der Waals surface area contributed by atoms with Gasteiger partial charge in [-0.1, -0.05) is 53.7 Å². The zero-order valence-electron chi connectivity index (χ0n) is 13.5. The van der Waals surface area contributed by atoms with Gasteiger partial charge in [-0.3, -0.25) is 0 Å². The Bertz CT molecular complexity index is 441. The van der Waals surface area contributed by atoms with Gasteiger partial charge in [0.1, 0.15) is 18.5 Å². The molecule has 1 N–H and O–H groups in total. The van der Waals surface area contributed by atoms with Crippen molar-refractivity contribution in [1.82, 2.24) is 0 Å². The average molecular weight is 299 g/mol. The summed E-state index contributed by atoms with van der Waals surface area (Å²) in [4.78, 5) is 0. The molecule has 20 heavy (non-hydrogen) atoms. The number of hydrogen-bond donors (Lipinski definition) is 1. The van der Waals surface area contributed by atoms with Crippen molar-refractivity contribution in [1.29, 1.82) is 0 Å². The van der Waals surface area contributed by atoms with E-state index in [0.717, 1.165) is 11.3 Å². The van der Waals surface area contributed by atoms with Gasteiger partial charge in [0.25, 0.3) is 0 Å². The maximum atomic E-state index is 9.54. The minimum Gasteiger partial charge on any atom is -0.491 e. The van der Waals surface area contributed by atoms with Crippen molar-refractivity contribution in [3.63, 3.8) is 0 Å². The first-order chi connectivity index (χ1) is 9.05. The summed E-state index contributed by atoms with van der Waals surface area (Å²) in [5.74, 6) is 1.01. The Morgan fingerprint density at radius 2 is 1.70 bits per heavy atom. The van der Waals surface area contributed by atoms with Crippen LogP contribution in [0, 0.1) is 0 Å². The normalized spacial score (nSPS) is 14.2. The van der Waals surface area contributed by atoms with E-state index in [4.69, 9.17) is 16.3 Å². The monoisotopic (exact) mass is 298 g/mol. The molecule has 2 nitrogen and oxygen atoms in total. The van der Waals surface area contributed by atoms with Gasteiger partial charge in [-0.2, -0.15) is 0 Å². The first-order valence-electron chi connectivity index (χ1n) is 7.07. The number of aliphatic hydroxyl groups is 1. The van der Waals surface area contributed by atoms with E-state index in [1.807, 2.05) is 6.07 Å². The average Bonchev–Trinajstić information content (AvgIpc) is 2.33. The Morgan fingerprint density at radius 1 is 1.10 bits per heavy atom. The summed E-state index contributed by atoms with van der Waals surface area (Å²) in [6.45, 7) is 13.3. The summed E-state index contributed by atoms with van der Waals surface area (Å²) < 4.78 is 5.75. The standard InChI is InChI=1S/C17H27ClO2/c1-16(2,3)12-7-8-15(20-11-13(19)10-18)14(9-12)17(4,5)6/h7-9,13,19H,10-11H2,1-6H3. The van der Waals surface area contributed by atoms with Crippen LogP contribution in [0.3, 0.4) is 0 Å². The zero-order valence-corrected chi connectivity index (χ0v) is 14.2. The van der Waals surface area contributed by atoms with Crippen LogP contribution in [0.2, 0.25) is 0 Å². The van der Waals surface area contributed by atoms with Crippen LogP contribution in [-0.2, 0) is 10.8 Å². The fourth-order valence-electron chi connectivity index (χ4n) is 1.94. The molecule has 0 aromatic heterocycles. The van der Waals surface area contributed by atoms with E-state index in [2.05, 4.69) is 53.7 Å². The van der Waals surface area contributed by atoms with Crippen molar-refractivity contribution in [3.05, 3.63) is 29.3 Å². The predicted octanol–water partition coefficient (Wildman–Crippen LogP) is 4.26. The smallest absolute Gasteiger partial charge is 0.123 e. The molecule has 0 aliphatic rings. The number of ether oxygens (including phenoxy) is 1. The lowest BCUT2D eigenvalue weighted by atomic mass is 9.80. The summed E-state index contributed by atoms with van der Waals surface area (Å²) >= 11 is 5.60. The quantitative estimate of drug-likeness (QED) is 0.842. The maximum Gasteiger partial charge on any atom is 0.123 e. The van der Waals surface area contributed by atoms with E-state index in [1.54, 1.807) is 0 Å². The molecule has 0 aliphatic carbocycles. The van der Waals surface area contributed by atoms with Gasteiger partial charge < -0.3 is 9.84 Å². The molecule has 1 unspecified atom stereocenters. The molecule has 114 valence electrons. The Balaban J connectivity index is 3.12. The number of rotatable bonds is 4. The minimum absolute atomic E-state index is 0.0114. The van der Waals surface area contributed by atoms with Crippen LogP contribution in [-0.4, -0.2) is 23.7 Å². The lowest BCUT2D eigenvalue weighted by molar-refractivity contribution is 0.124. The van der Waals surface area contributed by atoms with Crippen LogP contribution in [0.5, 0.6) is 5.75 Å². The Labute approximate surface area is 128 Å². The fourth-order valence-corrected chi connectivity index (χ4v) is 2.03. The molecule has 0 amide bonds. The fraction of sp³-hybridized carbons (Fsp3) is 0.647. The molecule has 1 aromatic carbocycles. The van der Waals surface area contributed by atoms with Gasteiger partial charge in [-0.25, -0.2) is 0 Å². The molecule has 0 aliphatic heterocycles. The van der Waals surface area contributed by atoms with Crippen molar-refractivity contribution < 1.29 is 9.84 Å². The van der Waals surface area contributed by atoms with Crippen LogP contribution >= 0.6 is 11.6 Å². The van der Waals surface area contributed by atoms with E-state index in [1.165, 1.54) is 5.56 Å². The van der Waals surface area contributed by atoms with Gasteiger partial charge in [0.05, 0.1) is 5.88 Å². The molecule has 0 radical (unpaired) electrons. The molecule has 1 rings (SSSR count). The second-order valence-electron chi connectivity index (χ2n) is 7.33. The van der Waals surface area contributed by atoms with Crippen molar-refractivity contribution in [2.45, 2.75) is 58.5 Å². The molecule has 0 heterocycles. The van der Waals surface area contributed by atoms with Crippen LogP contribution in [0.15, 0.2) is 18.2 Å². The van der Waals surface area contributed by atoms with E-state index in [0.29, 0.717) is 0 Å². The Morgan fingerprint density at radius 3 is 2.15 bits per heavy atom. The third-order valence-electron chi connectivity index (χ3n) is 3.26. The maximum absolute atomic E-state index is 9.54. The van der Waals surface area contributed by atoms with Gasteiger partial charge in [-0.15, -0.1) is 11.6 Å².